The standard InChI is InChI=1S/C23H18ClN3O3S/c1-13-17(22-25-19-12-15(24)9-10-20(19)30-22)7-4-8-18(13)26-23(31)27-21(28)14-5-3-6-16(11-14)29-2/h3-12H,1-2H3,(H2,26,27,28,31). The second-order valence-corrected chi connectivity index (χ2v) is 7.59. The number of ether oxygens (including phenoxy) is 1. The first-order chi connectivity index (χ1) is 14.9. The number of nitrogens with one attached hydrogen (secondary N) is 2. The van der Waals surface area contributed by atoms with Gasteiger partial charge in [0.1, 0.15) is 11.3 Å². The fourth-order valence-corrected chi connectivity index (χ4v) is 3.48. The van der Waals surface area contributed by atoms with E-state index in [1.807, 2.05) is 25.1 Å². The van der Waals surface area contributed by atoms with Gasteiger partial charge in [-0.05, 0) is 73.2 Å². The monoisotopic (exact) mass is 451 g/mol. The number of amides is 1. The SMILES string of the molecule is COc1cccc(C(=O)NC(=S)Nc2cccc(-c3nc4cc(Cl)ccc4o3)c2C)c1. The number of thiocarbonyl (C=S) groups is 1. The predicted molar refractivity (Wildman–Crippen MR) is 126 cm³/mol. The molecule has 0 spiro atoms. The zero-order valence-electron chi connectivity index (χ0n) is 16.7. The van der Waals surface area contributed by atoms with Crippen molar-refractivity contribution in [2.45, 2.75) is 6.92 Å². The number of benzene rings is 3. The molecule has 8 heteroatoms. The van der Waals surface area contributed by atoms with Crippen LogP contribution in [0.2, 0.25) is 5.02 Å². The highest BCUT2D eigenvalue weighted by molar-refractivity contribution is 7.80. The van der Waals surface area contributed by atoms with Gasteiger partial charge in [0, 0.05) is 21.8 Å². The largest absolute Gasteiger partial charge is 0.497 e. The van der Waals surface area contributed by atoms with Gasteiger partial charge in [0.15, 0.2) is 10.7 Å². The molecule has 31 heavy (non-hydrogen) atoms. The molecule has 1 aromatic heterocycles. The molecule has 0 aliphatic rings. The third-order valence-electron chi connectivity index (χ3n) is 4.72. The molecule has 0 saturated carbocycles. The van der Waals surface area contributed by atoms with Crippen molar-refractivity contribution in [3.8, 4) is 17.2 Å². The van der Waals surface area contributed by atoms with Gasteiger partial charge in [-0.15, -0.1) is 0 Å². The first kappa shape index (κ1) is 20.8. The summed E-state index contributed by atoms with van der Waals surface area (Å²) in [5, 5.41) is 6.52. The summed E-state index contributed by atoms with van der Waals surface area (Å²) in [4.78, 5) is 17.0. The predicted octanol–water partition coefficient (Wildman–Crippen LogP) is 5.59. The number of nitrogens with zero attached hydrogens (tertiary/aromatic N) is 1. The molecule has 0 aliphatic heterocycles. The highest BCUT2D eigenvalue weighted by atomic mass is 35.5. The van der Waals surface area contributed by atoms with Crippen molar-refractivity contribution in [3.05, 3.63) is 76.8 Å². The van der Waals surface area contributed by atoms with Crippen LogP contribution in [0.3, 0.4) is 0 Å². The molecule has 1 heterocycles. The van der Waals surface area contributed by atoms with Gasteiger partial charge >= 0.3 is 0 Å². The van der Waals surface area contributed by atoms with Gasteiger partial charge in [-0.3, -0.25) is 10.1 Å². The van der Waals surface area contributed by atoms with Gasteiger partial charge in [-0.2, -0.15) is 0 Å². The van der Waals surface area contributed by atoms with Crippen molar-refractivity contribution in [2.75, 3.05) is 12.4 Å². The minimum atomic E-state index is -0.332. The maximum atomic E-state index is 12.5. The minimum absolute atomic E-state index is 0.178. The van der Waals surface area contributed by atoms with E-state index in [0.29, 0.717) is 33.3 Å². The molecule has 0 radical (unpaired) electrons. The Bertz CT molecular complexity index is 1300. The third kappa shape index (κ3) is 4.52. The number of fused-ring (bicyclic) bond motifs is 1. The molecule has 0 fully saturated rings. The molecular weight excluding hydrogens is 434 g/mol. The molecular formula is C23H18ClN3O3S. The molecule has 4 rings (SSSR count). The van der Waals surface area contributed by atoms with E-state index in [1.54, 1.807) is 49.6 Å². The quantitative estimate of drug-likeness (QED) is 0.394. The molecule has 0 aliphatic carbocycles. The van der Waals surface area contributed by atoms with Crippen LogP contribution in [0.5, 0.6) is 5.75 Å². The summed E-state index contributed by atoms with van der Waals surface area (Å²) >= 11 is 11.4. The van der Waals surface area contributed by atoms with Crippen molar-refractivity contribution in [1.29, 1.82) is 0 Å². The van der Waals surface area contributed by atoms with E-state index in [-0.39, 0.29) is 11.0 Å². The van der Waals surface area contributed by atoms with E-state index in [1.165, 1.54) is 0 Å². The lowest BCUT2D eigenvalue weighted by atomic mass is 10.1. The Hall–Kier alpha value is -3.42. The van der Waals surface area contributed by atoms with Crippen LogP contribution in [0.15, 0.2) is 65.1 Å². The first-order valence-corrected chi connectivity index (χ1v) is 10.2. The Kier molecular flexibility index (Phi) is 5.88. The number of anilines is 1. The number of carbonyl (C=O) groups is 1. The Balaban J connectivity index is 1.53. The lowest BCUT2D eigenvalue weighted by molar-refractivity contribution is 0.0977. The van der Waals surface area contributed by atoms with Crippen molar-refractivity contribution in [1.82, 2.24) is 10.3 Å². The molecule has 156 valence electrons. The van der Waals surface area contributed by atoms with Crippen LogP contribution < -0.4 is 15.4 Å². The topological polar surface area (TPSA) is 76.4 Å². The molecule has 0 unspecified atom stereocenters. The summed E-state index contributed by atoms with van der Waals surface area (Å²) in [5.74, 6) is 0.737. The van der Waals surface area contributed by atoms with Gasteiger partial charge in [0.05, 0.1) is 7.11 Å². The molecule has 0 saturated heterocycles. The average molecular weight is 452 g/mol. The molecule has 6 nitrogen and oxygen atoms in total. The van der Waals surface area contributed by atoms with E-state index < -0.39 is 0 Å². The lowest BCUT2D eigenvalue weighted by Crippen LogP contribution is -2.34. The van der Waals surface area contributed by atoms with Gasteiger partial charge in [0.2, 0.25) is 5.89 Å². The zero-order chi connectivity index (χ0) is 22.0. The maximum Gasteiger partial charge on any atom is 0.257 e. The van der Waals surface area contributed by atoms with Crippen molar-refractivity contribution >= 4 is 51.6 Å². The minimum Gasteiger partial charge on any atom is -0.497 e. The number of halogens is 1. The Labute approximate surface area is 189 Å². The van der Waals surface area contributed by atoms with E-state index in [9.17, 15) is 4.79 Å². The molecule has 0 atom stereocenters. The second-order valence-electron chi connectivity index (χ2n) is 6.75. The van der Waals surface area contributed by atoms with E-state index in [0.717, 1.165) is 16.8 Å². The van der Waals surface area contributed by atoms with E-state index in [2.05, 4.69) is 15.6 Å². The van der Waals surface area contributed by atoms with Crippen LogP contribution in [0.25, 0.3) is 22.6 Å². The normalized spacial score (nSPS) is 10.7. The Morgan fingerprint density at radius 1 is 1.13 bits per heavy atom. The van der Waals surface area contributed by atoms with Crippen LogP contribution in [-0.2, 0) is 0 Å². The number of rotatable bonds is 4. The van der Waals surface area contributed by atoms with Crippen molar-refractivity contribution in [2.24, 2.45) is 0 Å². The Morgan fingerprint density at radius 2 is 1.94 bits per heavy atom. The molecule has 3 aromatic carbocycles. The van der Waals surface area contributed by atoms with Gasteiger partial charge in [0.25, 0.3) is 5.91 Å². The number of aromatic nitrogens is 1. The number of hydrogen-bond acceptors (Lipinski definition) is 5. The summed E-state index contributed by atoms with van der Waals surface area (Å²) in [6.07, 6.45) is 0. The Morgan fingerprint density at radius 3 is 2.74 bits per heavy atom. The van der Waals surface area contributed by atoms with E-state index >= 15 is 0 Å². The van der Waals surface area contributed by atoms with Gasteiger partial charge < -0.3 is 14.5 Å². The third-order valence-corrected chi connectivity index (χ3v) is 5.16. The van der Waals surface area contributed by atoms with Crippen molar-refractivity contribution in [3.63, 3.8) is 0 Å². The van der Waals surface area contributed by atoms with Gasteiger partial charge in [-0.25, -0.2) is 4.98 Å². The van der Waals surface area contributed by atoms with Crippen LogP contribution in [0.4, 0.5) is 5.69 Å². The summed E-state index contributed by atoms with van der Waals surface area (Å²) in [6, 6.07) is 17.8. The van der Waals surface area contributed by atoms with Crippen LogP contribution in [-0.4, -0.2) is 23.1 Å². The lowest BCUT2D eigenvalue weighted by Gasteiger charge is -2.13. The van der Waals surface area contributed by atoms with E-state index in [4.69, 9.17) is 33.0 Å². The fourth-order valence-electron chi connectivity index (χ4n) is 3.11. The number of hydrogen-bond donors (Lipinski definition) is 2. The summed E-state index contributed by atoms with van der Waals surface area (Å²) in [7, 11) is 1.55. The zero-order valence-corrected chi connectivity index (χ0v) is 18.3. The van der Waals surface area contributed by atoms with Gasteiger partial charge in [-0.1, -0.05) is 23.7 Å². The van der Waals surface area contributed by atoms with Crippen LogP contribution in [0, 0.1) is 6.92 Å². The second kappa shape index (κ2) is 8.75. The van der Waals surface area contributed by atoms with Crippen LogP contribution in [0.1, 0.15) is 15.9 Å². The van der Waals surface area contributed by atoms with Crippen molar-refractivity contribution < 1.29 is 13.9 Å². The molecule has 4 aromatic rings. The summed E-state index contributed by atoms with van der Waals surface area (Å²) in [6.45, 7) is 1.92. The molecule has 1 amide bonds. The summed E-state index contributed by atoms with van der Waals surface area (Å²) in [5.41, 5.74) is 4.18. The number of carbonyl (C=O) groups excluding carboxylic acids is 1. The average Bonchev–Trinajstić information content (AvgIpc) is 3.18. The summed E-state index contributed by atoms with van der Waals surface area (Å²) < 4.78 is 11.0. The highest BCUT2D eigenvalue weighted by Gasteiger charge is 2.15. The number of methoxy groups -OCH3 is 1. The first-order valence-electron chi connectivity index (χ1n) is 9.37. The fraction of sp³-hybridized carbons (Fsp3) is 0.0870. The molecule has 0 bridgehead atoms. The number of oxazole rings is 1. The maximum absolute atomic E-state index is 12.5. The smallest absolute Gasteiger partial charge is 0.257 e. The van der Waals surface area contributed by atoms with Crippen LogP contribution >= 0.6 is 23.8 Å². The molecule has 2 N–H and O–H groups in total. The highest BCUT2D eigenvalue weighted by Crippen LogP contribution is 2.31.